The van der Waals surface area contributed by atoms with E-state index in [-0.39, 0.29) is 18.1 Å². The SMILES string of the molecule is CCOC(=O)c1c(C)[nH]c(C(=O)OC(C)C(=O)c2ccc(C)cc2)c1C. The summed E-state index contributed by atoms with van der Waals surface area (Å²) in [5.41, 5.74) is 2.94. The maximum atomic E-state index is 12.5. The first-order valence-electron chi connectivity index (χ1n) is 8.44. The van der Waals surface area contributed by atoms with Crippen LogP contribution in [0.1, 0.15) is 61.9 Å². The van der Waals surface area contributed by atoms with Crippen molar-refractivity contribution in [3.05, 3.63) is 57.9 Å². The second kappa shape index (κ2) is 7.99. The van der Waals surface area contributed by atoms with Gasteiger partial charge in [0, 0.05) is 11.3 Å². The molecule has 1 unspecified atom stereocenters. The number of hydrogen-bond acceptors (Lipinski definition) is 5. The average Bonchev–Trinajstić information content (AvgIpc) is 2.89. The Hall–Kier alpha value is -2.89. The van der Waals surface area contributed by atoms with E-state index in [4.69, 9.17) is 9.47 Å². The summed E-state index contributed by atoms with van der Waals surface area (Å²) in [4.78, 5) is 39.7. The Kier molecular flexibility index (Phi) is 5.97. The highest BCUT2D eigenvalue weighted by Crippen LogP contribution is 2.20. The Bertz CT molecular complexity index is 833. The van der Waals surface area contributed by atoms with Gasteiger partial charge in [-0.15, -0.1) is 0 Å². The molecular weight excluding hydrogens is 334 g/mol. The molecule has 0 radical (unpaired) electrons. The molecule has 0 aliphatic carbocycles. The molecule has 1 aromatic carbocycles. The van der Waals surface area contributed by atoms with Crippen molar-refractivity contribution in [2.75, 3.05) is 6.61 Å². The molecule has 0 fully saturated rings. The lowest BCUT2D eigenvalue weighted by Gasteiger charge is -2.12. The quantitative estimate of drug-likeness (QED) is 0.631. The first-order chi connectivity index (χ1) is 12.3. The van der Waals surface area contributed by atoms with Crippen LogP contribution in [0.3, 0.4) is 0 Å². The molecule has 0 saturated carbocycles. The minimum Gasteiger partial charge on any atom is -0.462 e. The van der Waals surface area contributed by atoms with Crippen LogP contribution in [0.4, 0.5) is 0 Å². The van der Waals surface area contributed by atoms with Gasteiger partial charge in [-0.3, -0.25) is 4.79 Å². The summed E-state index contributed by atoms with van der Waals surface area (Å²) < 4.78 is 10.3. The second-order valence-electron chi connectivity index (χ2n) is 6.12. The lowest BCUT2D eigenvalue weighted by molar-refractivity contribution is 0.0313. The number of aromatic nitrogens is 1. The van der Waals surface area contributed by atoms with E-state index < -0.39 is 18.0 Å². The van der Waals surface area contributed by atoms with Crippen LogP contribution >= 0.6 is 0 Å². The molecular formula is C20H23NO5. The first-order valence-corrected chi connectivity index (χ1v) is 8.44. The average molecular weight is 357 g/mol. The van der Waals surface area contributed by atoms with Crippen molar-refractivity contribution in [3.63, 3.8) is 0 Å². The molecule has 2 aromatic rings. The second-order valence-corrected chi connectivity index (χ2v) is 6.12. The lowest BCUT2D eigenvalue weighted by Crippen LogP contribution is -2.25. The van der Waals surface area contributed by atoms with Crippen LogP contribution in [0.2, 0.25) is 0 Å². The molecule has 0 aliphatic rings. The van der Waals surface area contributed by atoms with Gasteiger partial charge in [0.05, 0.1) is 12.2 Å². The van der Waals surface area contributed by atoms with E-state index in [9.17, 15) is 14.4 Å². The predicted molar refractivity (Wildman–Crippen MR) is 96.6 cm³/mol. The number of H-pyrrole nitrogens is 1. The Morgan fingerprint density at radius 2 is 1.65 bits per heavy atom. The monoisotopic (exact) mass is 357 g/mol. The number of rotatable bonds is 6. The standard InChI is InChI=1S/C20H23NO5/c1-6-25-19(23)16-12(3)17(21-13(16)4)20(24)26-14(5)18(22)15-9-7-11(2)8-10-15/h7-10,14,21H,6H2,1-5H3. The van der Waals surface area contributed by atoms with E-state index in [1.807, 2.05) is 19.1 Å². The normalized spacial score (nSPS) is 11.7. The maximum Gasteiger partial charge on any atom is 0.355 e. The van der Waals surface area contributed by atoms with Crippen LogP contribution in [0.15, 0.2) is 24.3 Å². The number of nitrogens with one attached hydrogen (secondary N) is 1. The van der Waals surface area contributed by atoms with Gasteiger partial charge in [-0.05, 0) is 40.2 Å². The van der Waals surface area contributed by atoms with Crippen molar-refractivity contribution >= 4 is 17.7 Å². The van der Waals surface area contributed by atoms with Gasteiger partial charge in [0.25, 0.3) is 0 Å². The molecule has 0 bridgehead atoms. The molecule has 0 spiro atoms. The predicted octanol–water partition coefficient (Wildman–Crippen LogP) is 3.54. The molecule has 26 heavy (non-hydrogen) atoms. The Labute approximate surface area is 152 Å². The molecule has 0 aliphatic heterocycles. The molecule has 138 valence electrons. The maximum absolute atomic E-state index is 12.5. The van der Waals surface area contributed by atoms with Crippen LogP contribution in [0.25, 0.3) is 0 Å². The number of ketones is 1. The van der Waals surface area contributed by atoms with Gasteiger partial charge in [0.2, 0.25) is 5.78 Å². The van der Waals surface area contributed by atoms with Gasteiger partial charge in [-0.25, -0.2) is 9.59 Å². The van der Waals surface area contributed by atoms with Gasteiger partial charge in [0.1, 0.15) is 5.69 Å². The minimum atomic E-state index is -0.945. The summed E-state index contributed by atoms with van der Waals surface area (Å²) in [5.74, 6) is -1.47. The van der Waals surface area contributed by atoms with Crippen LogP contribution in [0.5, 0.6) is 0 Å². The molecule has 1 atom stereocenters. The summed E-state index contributed by atoms with van der Waals surface area (Å²) in [5, 5.41) is 0. The summed E-state index contributed by atoms with van der Waals surface area (Å²) in [6.07, 6.45) is -0.945. The molecule has 1 aromatic heterocycles. The molecule has 0 saturated heterocycles. The number of hydrogen-bond donors (Lipinski definition) is 1. The summed E-state index contributed by atoms with van der Waals surface area (Å²) >= 11 is 0. The Balaban J connectivity index is 2.17. The highest BCUT2D eigenvalue weighted by molar-refractivity contribution is 6.02. The van der Waals surface area contributed by atoms with E-state index in [0.717, 1.165) is 5.56 Å². The minimum absolute atomic E-state index is 0.147. The van der Waals surface area contributed by atoms with Gasteiger partial charge in [0.15, 0.2) is 6.10 Å². The number of ether oxygens (including phenoxy) is 2. The number of aromatic amines is 1. The van der Waals surface area contributed by atoms with Crippen molar-refractivity contribution in [3.8, 4) is 0 Å². The molecule has 0 amide bonds. The number of carbonyl (C=O) groups excluding carboxylic acids is 3. The molecule has 2 rings (SSSR count). The first kappa shape index (κ1) is 19.4. The van der Waals surface area contributed by atoms with E-state index in [1.165, 1.54) is 6.92 Å². The summed E-state index contributed by atoms with van der Waals surface area (Å²) in [6.45, 7) is 8.72. The number of aryl methyl sites for hydroxylation is 2. The van der Waals surface area contributed by atoms with Crippen LogP contribution in [-0.2, 0) is 9.47 Å². The third-order valence-electron chi connectivity index (χ3n) is 4.11. The van der Waals surface area contributed by atoms with Crippen molar-refractivity contribution in [2.45, 2.75) is 40.7 Å². The van der Waals surface area contributed by atoms with E-state index in [1.54, 1.807) is 32.9 Å². The van der Waals surface area contributed by atoms with E-state index in [2.05, 4.69) is 4.98 Å². The summed E-state index contributed by atoms with van der Waals surface area (Å²) in [7, 11) is 0. The number of Topliss-reactive ketones (excluding diaryl/α,β-unsaturated/α-hetero) is 1. The topological polar surface area (TPSA) is 85.5 Å². The fourth-order valence-electron chi connectivity index (χ4n) is 2.69. The highest BCUT2D eigenvalue weighted by Gasteiger charge is 2.26. The van der Waals surface area contributed by atoms with Crippen molar-refractivity contribution in [1.82, 2.24) is 4.98 Å². The Morgan fingerprint density at radius 3 is 2.23 bits per heavy atom. The fraction of sp³-hybridized carbons (Fsp3) is 0.350. The third kappa shape index (κ3) is 4.02. The van der Waals surface area contributed by atoms with Gasteiger partial charge >= 0.3 is 11.9 Å². The smallest absolute Gasteiger partial charge is 0.355 e. The summed E-state index contributed by atoms with van der Waals surface area (Å²) in [6, 6.07) is 7.05. The Morgan fingerprint density at radius 1 is 1.04 bits per heavy atom. The molecule has 6 nitrogen and oxygen atoms in total. The molecule has 1 N–H and O–H groups in total. The van der Waals surface area contributed by atoms with E-state index >= 15 is 0 Å². The van der Waals surface area contributed by atoms with E-state index in [0.29, 0.717) is 22.4 Å². The zero-order valence-electron chi connectivity index (χ0n) is 15.6. The fourth-order valence-corrected chi connectivity index (χ4v) is 2.69. The van der Waals surface area contributed by atoms with Gasteiger partial charge in [-0.2, -0.15) is 0 Å². The van der Waals surface area contributed by atoms with Crippen molar-refractivity contribution in [2.24, 2.45) is 0 Å². The van der Waals surface area contributed by atoms with Crippen LogP contribution in [-0.4, -0.2) is 35.4 Å². The zero-order valence-corrected chi connectivity index (χ0v) is 15.6. The van der Waals surface area contributed by atoms with Crippen LogP contribution in [0, 0.1) is 20.8 Å². The number of esters is 2. The van der Waals surface area contributed by atoms with Crippen molar-refractivity contribution in [1.29, 1.82) is 0 Å². The van der Waals surface area contributed by atoms with Crippen LogP contribution < -0.4 is 0 Å². The third-order valence-corrected chi connectivity index (χ3v) is 4.11. The van der Waals surface area contributed by atoms with Crippen molar-refractivity contribution < 1.29 is 23.9 Å². The molecule has 6 heteroatoms. The van der Waals surface area contributed by atoms with Gasteiger partial charge < -0.3 is 14.5 Å². The largest absolute Gasteiger partial charge is 0.462 e. The highest BCUT2D eigenvalue weighted by atomic mass is 16.5. The zero-order chi connectivity index (χ0) is 19.4. The lowest BCUT2D eigenvalue weighted by atomic mass is 10.1. The number of benzene rings is 1. The molecule has 1 heterocycles. The van der Waals surface area contributed by atoms with Gasteiger partial charge in [-0.1, -0.05) is 29.8 Å². The number of carbonyl (C=O) groups is 3.